The van der Waals surface area contributed by atoms with E-state index in [9.17, 15) is 9.59 Å². The van der Waals surface area contributed by atoms with Crippen molar-refractivity contribution >= 4 is 11.7 Å². The zero-order valence-corrected chi connectivity index (χ0v) is 14.0. The molecule has 3 rings (SSSR count). The first-order chi connectivity index (χ1) is 10.9. The van der Waals surface area contributed by atoms with Gasteiger partial charge in [-0.25, -0.2) is 0 Å². The van der Waals surface area contributed by atoms with Gasteiger partial charge >= 0.3 is 0 Å². The standard InChI is InChI=1S/C18H22N2O3/c1-10-16(13(4)21)11(2)19-17(10)18(22)20(14-7-8-14)12(3)15-6-5-9-23-15/h5-6,9,12,14,19H,7-8H2,1-4H3. The molecule has 1 atom stereocenters. The number of H-pyrrole nitrogens is 1. The van der Waals surface area contributed by atoms with Crippen LogP contribution in [0.15, 0.2) is 22.8 Å². The summed E-state index contributed by atoms with van der Waals surface area (Å²) in [5.74, 6) is 0.690. The van der Waals surface area contributed by atoms with Gasteiger partial charge in [0.15, 0.2) is 5.78 Å². The molecule has 1 fully saturated rings. The van der Waals surface area contributed by atoms with E-state index in [1.165, 1.54) is 6.92 Å². The number of ketones is 1. The van der Waals surface area contributed by atoms with Crippen LogP contribution in [0.3, 0.4) is 0 Å². The van der Waals surface area contributed by atoms with E-state index in [1.54, 1.807) is 6.26 Å². The molecule has 0 spiro atoms. The molecule has 1 aliphatic carbocycles. The van der Waals surface area contributed by atoms with Crippen LogP contribution in [-0.2, 0) is 0 Å². The van der Waals surface area contributed by atoms with Gasteiger partial charge in [0.2, 0.25) is 0 Å². The summed E-state index contributed by atoms with van der Waals surface area (Å²) in [7, 11) is 0. The van der Waals surface area contributed by atoms with Crippen molar-refractivity contribution in [3.05, 3.63) is 46.7 Å². The normalized spacial score (nSPS) is 15.5. The zero-order chi connectivity index (χ0) is 16.7. The summed E-state index contributed by atoms with van der Waals surface area (Å²) in [6, 6.07) is 3.83. The van der Waals surface area contributed by atoms with Gasteiger partial charge in [-0.1, -0.05) is 0 Å². The number of carbonyl (C=O) groups is 2. The van der Waals surface area contributed by atoms with E-state index >= 15 is 0 Å². The Bertz CT molecular complexity index is 739. The number of Topliss-reactive ketones (excluding diaryl/α,β-unsaturated/α-hetero) is 1. The first-order valence-electron chi connectivity index (χ1n) is 7.98. The van der Waals surface area contributed by atoms with Crippen LogP contribution in [-0.4, -0.2) is 27.6 Å². The SMILES string of the molecule is CC(=O)c1c(C)[nH]c(C(=O)N(C2CC2)C(C)c2ccco2)c1C. The molecular formula is C18H22N2O3. The number of hydrogen-bond acceptors (Lipinski definition) is 3. The molecule has 0 radical (unpaired) electrons. The van der Waals surface area contributed by atoms with Crippen LogP contribution in [0.4, 0.5) is 0 Å². The smallest absolute Gasteiger partial charge is 0.271 e. The number of amides is 1. The molecule has 1 N–H and O–H groups in total. The molecule has 1 aliphatic rings. The number of aryl methyl sites for hydroxylation is 1. The van der Waals surface area contributed by atoms with Crippen molar-refractivity contribution in [2.45, 2.75) is 52.6 Å². The lowest BCUT2D eigenvalue weighted by atomic mass is 10.1. The van der Waals surface area contributed by atoms with Gasteiger partial charge in [-0.3, -0.25) is 9.59 Å². The molecular weight excluding hydrogens is 292 g/mol. The highest BCUT2D eigenvalue weighted by atomic mass is 16.3. The second-order valence-electron chi connectivity index (χ2n) is 6.32. The van der Waals surface area contributed by atoms with E-state index in [2.05, 4.69) is 4.98 Å². The average Bonchev–Trinajstić information content (AvgIpc) is 3.06. The van der Waals surface area contributed by atoms with Gasteiger partial charge in [0, 0.05) is 17.3 Å². The Morgan fingerprint density at radius 3 is 2.52 bits per heavy atom. The molecule has 1 unspecified atom stereocenters. The minimum absolute atomic E-state index is 0.0210. The minimum atomic E-state index is -0.131. The number of nitrogens with zero attached hydrogens (tertiary/aromatic N) is 1. The molecule has 23 heavy (non-hydrogen) atoms. The number of rotatable bonds is 5. The molecule has 1 amide bonds. The molecule has 122 valence electrons. The third-order valence-electron chi connectivity index (χ3n) is 4.55. The largest absolute Gasteiger partial charge is 0.467 e. The van der Waals surface area contributed by atoms with Gasteiger partial charge in [-0.15, -0.1) is 0 Å². The molecule has 2 aromatic rings. The summed E-state index contributed by atoms with van der Waals surface area (Å²) in [5.41, 5.74) is 2.62. The fraction of sp³-hybridized carbons (Fsp3) is 0.444. The van der Waals surface area contributed by atoms with Gasteiger partial charge < -0.3 is 14.3 Å². The lowest BCUT2D eigenvalue weighted by Crippen LogP contribution is -2.36. The van der Waals surface area contributed by atoms with Crippen molar-refractivity contribution in [2.75, 3.05) is 0 Å². The molecule has 0 aromatic carbocycles. The van der Waals surface area contributed by atoms with Crippen molar-refractivity contribution in [2.24, 2.45) is 0 Å². The molecule has 5 nitrogen and oxygen atoms in total. The third kappa shape index (κ3) is 2.71. The van der Waals surface area contributed by atoms with Crippen LogP contribution in [0.25, 0.3) is 0 Å². The van der Waals surface area contributed by atoms with Crippen LogP contribution in [0.1, 0.15) is 70.6 Å². The van der Waals surface area contributed by atoms with E-state index in [1.807, 2.05) is 37.8 Å². The lowest BCUT2D eigenvalue weighted by Gasteiger charge is -2.28. The van der Waals surface area contributed by atoms with Crippen LogP contribution in [0.5, 0.6) is 0 Å². The van der Waals surface area contributed by atoms with Crippen molar-refractivity contribution in [1.82, 2.24) is 9.88 Å². The number of furan rings is 1. The molecule has 5 heteroatoms. The van der Waals surface area contributed by atoms with E-state index in [-0.39, 0.29) is 23.8 Å². The van der Waals surface area contributed by atoms with Crippen LogP contribution in [0, 0.1) is 13.8 Å². The maximum Gasteiger partial charge on any atom is 0.271 e. The quantitative estimate of drug-likeness (QED) is 0.854. The summed E-state index contributed by atoms with van der Waals surface area (Å²) < 4.78 is 5.48. The highest BCUT2D eigenvalue weighted by Crippen LogP contribution is 2.36. The predicted molar refractivity (Wildman–Crippen MR) is 86.6 cm³/mol. The molecule has 0 saturated heterocycles. The minimum Gasteiger partial charge on any atom is -0.467 e. The fourth-order valence-electron chi connectivity index (χ4n) is 3.30. The van der Waals surface area contributed by atoms with Crippen molar-refractivity contribution in [3.8, 4) is 0 Å². The van der Waals surface area contributed by atoms with E-state index in [0.29, 0.717) is 11.3 Å². The second-order valence-corrected chi connectivity index (χ2v) is 6.32. The summed E-state index contributed by atoms with van der Waals surface area (Å²) in [5, 5.41) is 0. The van der Waals surface area contributed by atoms with E-state index < -0.39 is 0 Å². The average molecular weight is 314 g/mol. The third-order valence-corrected chi connectivity index (χ3v) is 4.55. The molecule has 2 aromatic heterocycles. The van der Waals surface area contributed by atoms with Gasteiger partial charge in [-0.2, -0.15) is 0 Å². The molecule has 2 heterocycles. The topological polar surface area (TPSA) is 66.3 Å². The van der Waals surface area contributed by atoms with Crippen LogP contribution < -0.4 is 0 Å². The number of hydrogen-bond donors (Lipinski definition) is 1. The summed E-state index contributed by atoms with van der Waals surface area (Å²) in [6.45, 7) is 7.17. The monoisotopic (exact) mass is 314 g/mol. The first-order valence-corrected chi connectivity index (χ1v) is 7.98. The van der Waals surface area contributed by atoms with Crippen molar-refractivity contribution in [3.63, 3.8) is 0 Å². The molecule has 0 aliphatic heterocycles. The number of nitrogens with one attached hydrogen (secondary N) is 1. The highest BCUT2D eigenvalue weighted by molar-refractivity contribution is 6.02. The number of aromatic amines is 1. The highest BCUT2D eigenvalue weighted by Gasteiger charge is 2.39. The Morgan fingerprint density at radius 2 is 2.04 bits per heavy atom. The summed E-state index contributed by atoms with van der Waals surface area (Å²) in [6.07, 6.45) is 3.64. The molecule has 0 bridgehead atoms. The Labute approximate surface area is 135 Å². The lowest BCUT2D eigenvalue weighted by molar-refractivity contribution is 0.0646. The Morgan fingerprint density at radius 1 is 1.35 bits per heavy atom. The Hall–Kier alpha value is -2.30. The van der Waals surface area contributed by atoms with Crippen molar-refractivity contribution < 1.29 is 14.0 Å². The van der Waals surface area contributed by atoms with Gasteiger partial charge in [-0.05, 0) is 58.2 Å². The maximum absolute atomic E-state index is 13.1. The Balaban J connectivity index is 1.97. The first kappa shape index (κ1) is 15.6. The fourth-order valence-corrected chi connectivity index (χ4v) is 3.30. The summed E-state index contributed by atoms with van der Waals surface area (Å²) >= 11 is 0. The van der Waals surface area contributed by atoms with Gasteiger partial charge in [0.1, 0.15) is 11.5 Å². The van der Waals surface area contributed by atoms with Gasteiger partial charge in [0.05, 0.1) is 12.3 Å². The van der Waals surface area contributed by atoms with Crippen LogP contribution >= 0.6 is 0 Å². The van der Waals surface area contributed by atoms with E-state index in [4.69, 9.17) is 4.42 Å². The Kier molecular flexibility index (Phi) is 3.88. The number of aromatic nitrogens is 1. The van der Waals surface area contributed by atoms with Crippen LogP contribution in [0.2, 0.25) is 0 Å². The van der Waals surface area contributed by atoms with E-state index in [0.717, 1.165) is 29.9 Å². The number of carbonyl (C=O) groups excluding carboxylic acids is 2. The molecule has 1 saturated carbocycles. The predicted octanol–water partition coefficient (Wildman–Crippen LogP) is 3.79. The zero-order valence-electron chi connectivity index (χ0n) is 14.0. The second kappa shape index (κ2) is 5.72. The van der Waals surface area contributed by atoms with Gasteiger partial charge in [0.25, 0.3) is 5.91 Å². The maximum atomic E-state index is 13.1. The van der Waals surface area contributed by atoms with Crippen molar-refractivity contribution in [1.29, 1.82) is 0 Å². The summed E-state index contributed by atoms with van der Waals surface area (Å²) in [4.78, 5) is 29.9.